The van der Waals surface area contributed by atoms with Crippen LogP contribution in [0.15, 0.2) is 42.5 Å². The number of amides is 1. The number of halogens is 5. The molecule has 0 heterocycles. The first-order valence-corrected chi connectivity index (χ1v) is 9.96. The Labute approximate surface area is 164 Å². The fraction of sp³-hybridized carbons (Fsp3) is 0.235. The topological polar surface area (TPSA) is 66.5 Å². The summed E-state index contributed by atoms with van der Waals surface area (Å²) in [7, 11) is -4.11. The number of sulfonamides is 1. The molecule has 1 unspecified atom stereocenters. The second kappa shape index (κ2) is 7.96. The zero-order chi connectivity index (χ0) is 21.3. The Morgan fingerprint density at radius 2 is 1.82 bits per heavy atom. The largest absolute Gasteiger partial charge is 0.416 e. The van der Waals surface area contributed by atoms with Crippen molar-refractivity contribution in [3.8, 4) is 0 Å². The van der Waals surface area contributed by atoms with E-state index in [9.17, 15) is 30.8 Å². The molecule has 0 aliphatic carbocycles. The average Bonchev–Trinajstić information content (AvgIpc) is 2.56. The Balaban J connectivity index is 2.38. The first kappa shape index (κ1) is 22.0. The molecule has 11 heteroatoms. The Morgan fingerprint density at radius 3 is 2.36 bits per heavy atom. The van der Waals surface area contributed by atoms with E-state index in [2.05, 4.69) is 5.32 Å². The second-order valence-electron chi connectivity index (χ2n) is 5.90. The number of nitrogens with zero attached hydrogens (tertiary/aromatic N) is 1. The van der Waals surface area contributed by atoms with E-state index in [1.54, 1.807) is 0 Å². The third kappa shape index (κ3) is 5.14. The van der Waals surface area contributed by atoms with Crippen LogP contribution in [0.1, 0.15) is 12.5 Å². The van der Waals surface area contributed by atoms with Crippen LogP contribution < -0.4 is 9.62 Å². The van der Waals surface area contributed by atoms with Crippen LogP contribution in [0.4, 0.5) is 28.9 Å². The van der Waals surface area contributed by atoms with Crippen molar-refractivity contribution in [1.29, 1.82) is 0 Å². The molecule has 0 radical (unpaired) electrons. The van der Waals surface area contributed by atoms with Crippen molar-refractivity contribution in [2.45, 2.75) is 19.1 Å². The highest BCUT2D eigenvalue weighted by atomic mass is 35.5. The van der Waals surface area contributed by atoms with Gasteiger partial charge in [0.15, 0.2) is 0 Å². The van der Waals surface area contributed by atoms with E-state index < -0.39 is 39.5 Å². The Kier molecular flexibility index (Phi) is 6.24. The van der Waals surface area contributed by atoms with Gasteiger partial charge in [-0.1, -0.05) is 17.7 Å². The monoisotopic (exact) mass is 438 g/mol. The molecule has 0 aromatic heterocycles. The van der Waals surface area contributed by atoms with Gasteiger partial charge < -0.3 is 5.32 Å². The highest BCUT2D eigenvalue weighted by Gasteiger charge is 2.34. The molecule has 0 spiro atoms. The van der Waals surface area contributed by atoms with Gasteiger partial charge in [-0.2, -0.15) is 13.2 Å². The van der Waals surface area contributed by atoms with Crippen LogP contribution in [0.2, 0.25) is 5.02 Å². The molecule has 0 aliphatic heterocycles. The SMILES string of the molecule is CC(C(=O)Nc1ccc(F)c(Cl)c1)N(c1cccc(C(F)(F)F)c1)S(C)(=O)=O. The molecule has 0 aliphatic rings. The molecule has 152 valence electrons. The minimum absolute atomic E-state index is 0.0979. The van der Waals surface area contributed by atoms with Gasteiger partial charge in [-0.15, -0.1) is 0 Å². The molecule has 2 rings (SSSR count). The van der Waals surface area contributed by atoms with Crippen molar-refractivity contribution in [3.63, 3.8) is 0 Å². The third-order valence-electron chi connectivity index (χ3n) is 3.70. The summed E-state index contributed by atoms with van der Waals surface area (Å²) < 4.78 is 77.0. The molecule has 1 amide bonds. The Hall–Kier alpha value is -2.33. The standard InChI is InChI=1S/C17H15ClF4N2O3S/c1-10(16(25)23-12-6-7-15(19)14(18)9-12)24(28(2,26)27)13-5-3-4-11(8-13)17(20,21)22/h3-10H,1-2H3,(H,23,25). The fourth-order valence-electron chi connectivity index (χ4n) is 2.45. The van der Waals surface area contributed by atoms with Gasteiger partial charge in [-0.3, -0.25) is 9.10 Å². The zero-order valence-electron chi connectivity index (χ0n) is 14.6. The average molecular weight is 439 g/mol. The van der Waals surface area contributed by atoms with Crippen molar-refractivity contribution < 1.29 is 30.8 Å². The summed E-state index contributed by atoms with van der Waals surface area (Å²) >= 11 is 5.63. The summed E-state index contributed by atoms with van der Waals surface area (Å²) in [6, 6.07) is 5.55. The van der Waals surface area contributed by atoms with E-state index in [1.807, 2.05) is 0 Å². The number of benzene rings is 2. The molecule has 5 nitrogen and oxygen atoms in total. The number of hydrogen-bond acceptors (Lipinski definition) is 3. The zero-order valence-corrected chi connectivity index (χ0v) is 16.2. The molecule has 0 bridgehead atoms. The van der Waals surface area contributed by atoms with Crippen molar-refractivity contribution in [2.24, 2.45) is 0 Å². The van der Waals surface area contributed by atoms with Crippen LogP contribution in [0.3, 0.4) is 0 Å². The first-order chi connectivity index (χ1) is 12.8. The Morgan fingerprint density at radius 1 is 1.18 bits per heavy atom. The van der Waals surface area contributed by atoms with E-state index in [0.29, 0.717) is 10.4 Å². The van der Waals surface area contributed by atoms with Crippen molar-refractivity contribution in [1.82, 2.24) is 0 Å². The molecule has 0 fully saturated rings. The highest BCUT2D eigenvalue weighted by Crippen LogP contribution is 2.33. The maximum absolute atomic E-state index is 13.2. The van der Waals surface area contributed by atoms with Crippen molar-refractivity contribution >= 4 is 38.9 Å². The van der Waals surface area contributed by atoms with Crippen molar-refractivity contribution in [3.05, 3.63) is 58.9 Å². The van der Waals surface area contributed by atoms with Gasteiger partial charge in [-0.05, 0) is 43.3 Å². The maximum Gasteiger partial charge on any atom is 0.416 e. The summed E-state index contributed by atoms with van der Waals surface area (Å²) in [6.45, 7) is 1.21. The maximum atomic E-state index is 13.2. The molecule has 28 heavy (non-hydrogen) atoms. The van der Waals surface area contributed by atoms with Gasteiger partial charge in [0.2, 0.25) is 15.9 Å². The van der Waals surface area contributed by atoms with E-state index in [1.165, 1.54) is 13.0 Å². The van der Waals surface area contributed by atoms with Gasteiger partial charge >= 0.3 is 6.18 Å². The molecule has 2 aromatic rings. The summed E-state index contributed by atoms with van der Waals surface area (Å²) in [5.41, 5.74) is -1.28. The number of rotatable bonds is 5. The Bertz CT molecular complexity index is 996. The van der Waals surface area contributed by atoms with Gasteiger partial charge in [0.05, 0.1) is 22.5 Å². The van der Waals surface area contributed by atoms with Gasteiger partial charge in [0, 0.05) is 5.69 Å². The minimum Gasteiger partial charge on any atom is -0.324 e. The lowest BCUT2D eigenvalue weighted by atomic mass is 10.1. The van der Waals surface area contributed by atoms with Crippen LogP contribution in [-0.2, 0) is 21.0 Å². The number of alkyl halides is 3. The van der Waals surface area contributed by atoms with Crippen molar-refractivity contribution in [2.75, 3.05) is 15.9 Å². The van der Waals surface area contributed by atoms with Gasteiger partial charge in [0.25, 0.3) is 0 Å². The lowest BCUT2D eigenvalue weighted by Crippen LogP contribution is -2.45. The van der Waals surface area contributed by atoms with Crippen LogP contribution in [0, 0.1) is 5.82 Å². The lowest BCUT2D eigenvalue weighted by Gasteiger charge is -2.28. The number of anilines is 2. The third-order valence-corrected chi connectivity index (χ3v) is 5.23. The number of hydrogen-bond donors (Lipinski definition) is 1. The number of carbonyl (C=O) groups excluding carboxylic acids is 1. The summed E-state index contributed by atoms with van der Waals surface area (Å²) in [6.07, 6.45) is -3.92. The quantitative estimate of drug-likeness (QED) is 0.708. The van der Waals surface area contributed by atoms with Crippen LogP contribution in [0.5, 0.6) is 0 Å². The first-order valence-electron chi connectivity index (χ1n) is 7.73. The summed E-state index contributed by atoms with van der Waals surface area (Å²) in [4.78, 5) is 12.5. The molecular weight excluding hydrogens is 424 g/mol. The molecule has 1 atom stereocenters. The second-order valence-corrected chi connectivity index (χ2v) is 8.17. The fourth-order valence-corrected chi connectivity index (χ4v) is 3.80. The van der Waals surface area contributed by atoms with E-state index >= 15 is 0 Å². The predicted octanol–water partition coefficient (Wildman–Crippen LogP) is 4.29. The van der Waals surface area contributed by atoms with Crippen LogP contribution >= 0.6 is 11.6 Å². The number of nitrogens with one attached hydrogen (secondary N) is 1. The molecule has 1 N–H and O–H groups in total. The van der Waals surface area contributed by atoms with Gasteiger partial charge in [-0.25, -0.2) is 12.8 Å². The predicted molar refractivity (Wildman–Crippen MR) is 98.3 cm³/mol. The van der Waals surface area contributed by atoms with Gasteiger partial charge in [0.1, 0.15) is 11.9 Å². The molecule has 2 aromatic carbocycles. The number of carbonyl (C=O) groups is 1. The molecule has 0 saturated heterocycles. The van der Waals surface area contributed by atoms with E-state index in [4.69, 9.17) is 11.6 Å². The van der Waals surface area contributed by atoms with Crippen LogP contribution in [-0.4, -0.2) is 26.6 Å². The lowest BCUT2D eigenvalue weighted by molar-refractivity contribution is -0.137. The minimum atomic E-state index is -4.68. The van der Waals surface area contributed by atoms with Crippen LogP contribution in [0.25, 0.3) is 0 Å². The molecular formula is C17H15ClF4N2O3S. The highest BCUT2D eigenvalue weighted by molar-refractivity contribution is 7.92. The smallest absolute Gasteiger partial charge is 0.324 e. The van der Waals surface area contributed by atoms with E-state index in [-0.39, 0.29) is 16.4 Å². The summed E-state index contributed by atoms with van der Waals surface area (Å²) in [5, 5.41) is 2.10. The van der Waals surface area contributed by atoms with E-state index in [0.717, 1.165) is 36.6 Å². The normalized spacial score (nSPS) is 13.1. The molecule has 0 saturated carbocycles. The summed E-state index contributed by atoms with van der Waals surface area (Å²) in [5.74, 6) is -1.56.